The Morgan fingerprint density at radius 3 is 3.00 bits per heavy atom. The van der Waals surface area contributed by atoms with Crippen molar-refractivity contribution in [3.05, 3.63) is 53.9 Å². The first-order valence-electron chi connectivity index (χ1n) is 7.56. The molecule has 0 saturated carbocycles. The average molecular weight is 316 g/mol. The molecule has 1 aromatic heterocycles. The second-order valence-corrected chi connectivity index (χ2v) is 5.31. The highest BCUT2D eigenvalue weighted by Gasteiger charge is 2.13. The largest absolute Gasteiger partial charge is 0.454 e. The van der Waals surface area contributed by atoms with E-state index in [0.717, 1.165) is 22.8 Å². The van der Waals surface area contributed by atoms with Crippen LogP contribution in [0.3, 0.4) is 0 Å². The van der Waals surface area contributed by atoms with Gasteiger partial charge in [0.15, 0.2) is 11.5 Å². The molecule has 3 rings (SSSR count). The zero-order valence-electron chi connectivity index (χ0n) is 12.8. The number of aromatic nitrogens is 1. The standard InChI is InChI=1S/C17H20N2O4/c20-15(9-18-8-14-3-1-2-6-19-14)11-21-10-13-4-5-16-17(7-13)23-12-22-16/h1-7,15,18,20H,8-12H2. The van der Waals surface area contributed by atoms with Gasteiger partial charge in [0, 0.05) is 19.3 Å². The molecule has 0 amide bonds. The summed E-state index contributed by atoms with van der Waals surface area (Å²) < 4.78 is 16.1. The fourth-order valence-corrected chi connectivity index (χ4v) is 2.27. The number of fused-ring (bicyclic) bond motifs is 1. The van der Waals surface area contributed by atoms with E-state index in [1.54, 1.807) is 6.20 Å². The SMILES string of the molecule is OC(CNCc1ccccn1)COCc1ccc2c(c1)OCO2. The van der Waals surface area contributed by atoms with Crippen LogP contribution < -0.4 is 14.8 Å². The van der Waals surface area contributed by atoms with E-state index in [9.17, 15) is 5.11 Å². The Morgan fingerprint density at radius 1 is 1.22 bits per heavy atom. The molecular weight excluding hydrogens is 296 g/mol. The van der Waals surface area contributed by atoms with Gasteiger partial charge in [0.05, 0.1) is 25.0 Å². The van der Waals surface area contributed by atoms with Gasteiger partial charge in [-0.25, -0.2) is 0 Å². The van der Waals surface area contributed by atoms with Crippen LogP contribution in [0.4, 0.5) is 0 Å². The highest BCUT2D eigenvalue weighted by Crippen LogP contribution is 2.32. The highest BCUT2D eigenvalue weighted by atomic mass is 16.7. The Morgan fingerprint density at radius 2 is 2.13 bits per heavy atom. The Hall–Kier alpha value is -2.15. The van der Waals surface area contributed by atoms with Crippen molar-refractivity contribution in [1.82, 2.24) is 10.3 Å². The first kappa shape index (κ1) is 15.7. The Balaban J connectivity index is 1.34. The van der Waals surface area contributed by atoms with Crippen molar-refractivity contribution in [3.63, 3.8) is 0 Å². The number of aliphatic hydroxyl groups is 1. The predicted octanol–water partition coefficient (Wildman–Crippen LogP) is 1.48. The van der Waals surface area contributed by atoms with E-state index >= 15 is 0 Å². The van der Waals surface area contributed by atoms with Crippen LogP contribution in [0.15, 0.2) is 42.6 Å². The van der Waals surface area contributed by atoms with E-state index in [1.165, 1.54) is 0 Å². The van der Waals surface area contributed by atoms with Gasteiger partial charge in [-0.3, -0.25) is 4.98 Å². The molecule has 0 aliphatic carbocycles. The summed E-state index contributed by atoms with van der Waals surface area (Å²) in [4.78, 5) is 4.21. The monoisotopic (exact) mass is 316 g/mol. The number of pyridine rings is 1. The van der Waals surface area contributed by atoms with Crippen LogP contribution in [0.1, 0.15) is 11.3 Å². The quantitative estimate of drug-likeness (QED) is 0.768. The highest BCUT2D eigenvalue weighted by molar-refractivity contribution is 5.44. The minimum Gasteiger partial charge on any atom is -0.454 e. The molecule has 1 aliphatic heterocycles. The molecular formula is C17H20N2O4. The van der Waals surface area contributed by atoms with E-state index in [2.05, 4.69) is 10.3 Å². The molecule has 0 radical (unpaired) electrons. The van der Waals surface area contributed by atoms with Gasteiger partial charge in [-0.1, -0.05) is 12.1 Å². The number of rotatable bonds is 8. The van der Waals surface area contributed by atoms with Crippen LogP contribution >= 0.6 is 0 Å². The van der Waals surface area contributed by atoms with Crippen molar-refractivity contribution >= 4 is 0 Å². The van der Waals surface area contributed by atoms with Crippen LogP contribution in [-0.4, -0.2) is 36.1 Å². The molecule has 0 fully saturated rings. The molecule has 2 aromatic rings. The number of nitrogens with one attached hydrogen (secondary N) is 1. The number of aliphatic hydroxyl groups excluding tert-OH is 1. The number of ether oxygens (including phenoxy) is 3. The number of nitrogens with zero attached hydrogens (tertiary/aromatic N) is 1. The molecule has 1 unspecified atom stereocenters. The molecule has 23 heavy (non-hydrogen) atoms. The summed E-state index contributed by atoms with van der Waals surface area (Å²) >= 11 is 0. The third-order valence-electron chi connectivity index (χ3n) is 3.43. The van der Waals surface area contributed by atoms with Gasteiger partial charge in [-0.15, -0.1) is 0 Å². The second-order valence-electron chi connectivity index (χ2n) is 5.31. The van der Waals surface area contributed by atoms with Gasteiger partial charge in [0.1, 0.15) is 0 Å². The predicted molar refractivity (Wildman–Crippen MR) is 84.2 cm³/mol. The van der Waals surface area contributed by atoms with Crippen molar-refractivity contribution in [1.29, 1.82) is 0 Å². The van der Waals surface area contributed by atoms with Crippen LogP contribution in [0.2, 0.25) is 0 Å². The maximum atomic E-state index is 9.91. The average Bonchev–Trinajstić information content (AvgIpc) is 3.03. The third kappa shape index (κ3) is 4.66. The first-order chi connectivity index (χ1) is 11.3. The van der Waals surface area contributed by atoms with E-state index in [-0.39, 0.29) is 13.4 Å². The number of hydrogen-bond donors (Lipinski definition) is 2. The molecule has 1 aliphatic rings. The molecule has 2 heterocycles. The van der Waals surface area contributed by atoms with E-state index in [4.69, 9.17) is 14.2 Å². The fourth-order valence-electron chi connectivity index (χ4n) is 2.27. The van der Waals surface area contributed by atoms with Crippen molar-refractivity contribution in [2.45, 2.75) is 19.3 Å². The summed E-state index contributed by atoms with van der Waals surface area (Å²) in [5, 5.41) is 13.1. The van der Waals surface area contributed by atoms with Gasteiger partial charge in [-0.2, -0.15) is 0 Å². The molecule has 1 atom stereocenters. The normalized spacial score (nSPS) is 14.0. The topological polar surface area (TPSA) is 72.8 Å². The lowest BCUT2D eigenvalue weighted by Gasteiger charge is -2.12. The minimum atomic E-state index is -0.562. The van der Waals surface area contributed by atoms with Gasteiger partial charge < -0.3 is 24.6 Å². The van der Waals surface area contributed by atoms with Gasteiger partial charge in [0.25, 0.3) is 0 Å². The molecule has 1 aromatic carbocycles. The van der Waals surface area contributed by atoms with Crippen molar-refractivity contribution in [2.75, 3.05) is 19.9 Å². The van der Waals surface area contributed by atoms with Crippen LogP contribution in [0, 0.1) is 0 Å². The zero-order chi connectivity index (χ0) is 15.9. The zero-order valence-corrected chi connectivity index (χ0v) is 12.8. The Kier molecular flexibility index (Phi) is 5.42. The first-order valence-corrected chi connectivity index (χ1v) is 7.56. The number of hydrogen-bond acceptors (Lipinski definition) is 6. The molecule has 0 spiro atoms. The van der Waals surface area contributed by atoms with E-state index in [0.29, 0.717) is 19.7 Å². The number of benzene rings is 1. The summed E-state index contributed by atoms with van der Waals surface area (Å²) in [6, 6.07) is 11.5. The van der Waals surface area contributed by atoms with Crippen molar-refractivity contribution in [3.8, 4) is 11.5 Å². The molecule has 0 saturated heterocycles. The van der Waals surface area contributed by atoms with E-state index in [1.807, 2.05) is 36.4 Å². The van der Waals surface area contributed by atoms with Crippen LogP contribution in [0.25, 0.3) is 0 Å². The van der Waals surface area contributed by atoms with Crippen molar-refractivity contribution in [2.24, 2.45) is 0 Å². The summed E-state index contributed by atoms with van der Waals surface area (Å²) in [5.74, 6) is 1.50. The molecule has 6 nitrogen and oxygen atoms in total. The van der Waals surface area contributed by atoms with Crippen LogP contribution in [0.5, 0.6) is 11.5 Å². The lowest BCUT2D eigenvalue weighted by Crippen LogP contribution is -2.30. The van der Waals surface area contributed by atoms with Gasteiger partial charge >= 0.3 is 0 Å². The molecule has 6 heteroatoms. The summed E-state index contributed by atoms with van der Waals surface area (Å²) in [6.45, 7) is 2.04. The maximum Gasteiger partial charge on any atom is 0.231 e. The van der Waals surface area contributed by atoms with Crippen LogP contribution in [-0.2, 0) is 17.9 Å². The summed E-state index contributed by atoms with van der Waals surface area (Å²) in [6.07, 6.45) is 1.19. The molecule has 2 N–H and O–H groups in total. The molecule has 0 bridgehead atoms. The third-order valence-corrected chi connectivity index (χ3v) is 3.43. The lowest BCUT2D eigenvalue weighted by atomic mass is 10.2. The van der Waals surface area contributed by atoms with Gasteiger partial charge in [0.2, 0.25) is 6.79 Å². The maximum absolute atomic E-state index is 9.91. The Bertz CT molecular complexity index is 621. The summed E-state index contributed by atoms with van der Waals surface area (Å²) in [7, 11) is 0. The van der Waals surface area contributed by atoms with Gasteiger partial charge in [-0.05, 0) is 29.8 Å². The smallest absolute Gasteiger partial charge is 0.231 e. The molecule has 122 valence electrons. The second kappa shape index (κ2) is 7.92. The lowest BCUT2D eigenvalue weighted by molar-refractivity contribution is 0.0286. The fraction of sp³-hybridized carbons (Fsp3) is 0.353. The summed E-state index contributed by atoms with van der Waals surface area (Å²) in [5.41, 5.74) is 1.93. The Labute approximate surface area is 135 Å². The minimum absolute atomic E-state index is 0.264. The van der Waals surface area contributed by atoms with Crippen molar-refractivity contribution < 1.29 is 19.3 Å². The van der Waals surface area contributed by atoms with E-state index < -0.39 is 6.10 Å².